The van der Waals surface area contributed by atoms with E-state index in [4.69, 9.17) is 0 Å². The highest BCUT2D eigenvalue weighted by molar-refractivity contribution is 6.18. The maximum Gasteiger partial charge on any atom is 0.0583 e. The first-order valence-corrected chi connectivity index (χ1v) is 21.9. The Labute approximate surface area is 372 Å². The molecule has 302 valence electrons. The van der Waals surface area contributed by atoms with Crippen LogP contribution in [0.25, 0.3) is 66.1 Å². The third-order valence-electron chi connectivity index (χ3n) is 12.4. The number of benzene rings is 10. The van der Waals surface area contributed by atoms with Gasteiger partial charge >= 0.3 is 0 Å². The molecule has 4 nitrogen and oxygen atoms in total. The van der Waals surface area contributed by atoms with Gasteiger partial charge in [0, 0.05) is 55.5 Å². The summed E-state index contributed by atoms with van der Waals surface area (Å²) in [5, 5.41) is 4.79. The SMILES string of the molecule is c1ccc(-c2ccccc2N(c2ccc3c4ccccc4n(-c4ccccc4)c3c2)c2cc(N(c3ccccc3)c3ccccc3)c3c4ccccc4n(-c4ccccc4)c3c2)cc1. The van der Waals surface area contributed by atoms with E-state index < -0.39 is 0 Å². The lowest BCUT2D eigenvalue weighted by Gasteiger charge is -2.31. The molecule has 2 aromatic heterocycles. The molecule has 64 heavy (non-hydrogen) atoms. The standard InChI is InChI=1S/C60H42N4/c1-6-22-43(23-7-1)50-32-16-19-35-54(50)62(48-38-39-52-51-33-17-20-36-55(51)63(57(52)40-48)46-28-12-4-13-29-46)49-41-58(61(44-24-8-2-9-25-44)45-26-10-3-11-27-45)60-53-34-18-21-37-56(53)64(59(60)42-49)47-30-14-5-15-31-47/h1-42H. The molecule has 12 aromatic rings. The Balaban J connectivity index is 1.23. The molecule has 0 radical (unpaired) electrons. The fourth-order valence-corrected chi connectivity index (χ4v) is 9.71. The number of aromatic nitrogens is 2. The van der Waals surface area contributed by atoms with Crippen LogP contribution < -0.4 is 9.80 Å². The van der Waals surface area contributed by atoms with Crippen molar-refractivity contribution in [1.29, 1.82) is 0 Å². The lowest BCUT2D eigenvalue weighted by molar-refractivity contribution is 1.17. The molecular formula is C60H42N4. The zero-order valence-electron chi connectivity index (χ0n) is 35.0. The number of nitrogens with zero attached hydrogens (tertiary/aromatic N) is 4. The largest absolute Gasteiger partial charge is 0.310 e. The topological polar surface area (TPSA) is 16.3 Å². The van der Waals surface area contributed by atoms with Crippen molar-refractivity contribution in [3.63, 3.8) is 0 Å². The number of anilines is 6. The Kier molecular flexibility index (Phi) is 9.12. The first kappa shape index (κ1) is 37.2. The summed E-state index contributed by atoms with van der Waals surface area (Å²) in [6.45, 7) is 0. The second-order valence-electron chi connectivity index (χ2n) is 16.2. The number of hydrogen-bond donors (Lipinski definition) is 0. The normalized spacial score (nSPS) is 11.4. The summed E-state index contributed by atoms with van der Waals surface area (Å²) >= 11 is 0. The van der Waals surface area contributed by atoms with E-state index in [2.05, 4.69) is 274 Å². The zero-order valence-corrected chi connectivity index (χ0v) is 35.0. The molecule has 0 fully saturated rings. The molecule has 2 heterocycles. The Hall–Kier alpha value is -8.60. The number of hydrogen-bond acceptors (Lipinski definition) is 2. The average Bonchev–Trinajstić information content (AvgIpc) is 3.88. The number of fused-ring (bicyclic) bond motifs is 6. The van der Waals surface area contributed by atoms with E-state index in [0.717, 1.165) is 73.2 Å². The molecule has 0 bridgehead atoms. The highest BCUT2D eigenvalue weighted by Crippen LogP contribution is 2.50. The van der Waals surface area contributed by atoms with Crippen molar-refractivity contribution in [2.24, 2.45) is 0 Å². The summed E-state index contributed by atoms with van der Waals surface area (Å²) in [4.78, 5) is 4.89. The Morgan fingerprint density at radius 3 is 1.36 bits per heavy atom. The van der Waals surface area contributed by atoms with Crippen LogP contribution in [-0.4, -0.2) is 9.13 Å². The molecule has 10 aromatic carbocycles. The Bertz CT molecular complexity index is 3560. The molecule has 0 aliphatic carbocycles. The third kappa shape index (κ3) is 6.23. The van der Waals surface area contributed by atoms with Gasteiger partial charge in [0.2, 0.25) is 0 Å². The van der Waals surface area contributed by atoms with Crippen LogP contribution in [0.1, 0.15) is 0 Å². The molecular weight excluding hydrogens is 777 g/mol. The molecule has 0 aliphatic heterocycles. The summed E-state index contributed by atoms with van der Waals surface area (Å²) in [6, 6.07) is 92.0. The minimum absolute atomic E-state index is 1.03. The molecule has 0 unspecified atom stereocenters. The molecule has 4 heteroatoms. The predicted molar refractivity (Wildman–Crippen MR) is 270 cm³/mol. The van der Waals surface area contributed by atoms with Crippen molar-refractivity contribution >= 4 is 77.7 Å². The summed E-state index contributed by atoms with van der Waals surface area (Å²) in [5.41, 5.74) is 15.5. The predicted octanol–water partition coefficient (Wildman–Crippen LogP) is 16.5. The smallest absolute Gasteiger partial charge is 0.0583 e. The van der Waals surface area contributed by atoms with Crippen LogP contribution in [0, 0.1) is 0 Å². The quantitative estimate of drug-likeness (QED) is 0.144. The fourth-order valence-electron chi connectivity index (χ4n) is 9.71. The summed E-state index contributed by atoms with van der Waals surface area (Å²) < 4.78 is 4.84. The first-order chi connectivity index (χ1) is 31.8. The van der Waals surface area contributed by atoms with Crippen LogP contribution in [0.15, 0.2) is 255 Å². The summed E-state index contributed by atoms with van der Waals surface area (Å²) in [6.07, 6.45) is 0. The monoisotopic (exact) mass is 818 g/mol. The number of rotatable bonds is 9. The van der Waals surface area contributed by atoms with E-state index in [0.29, 0.717) is 0 Å². The summed E-state index contributed by atoms with van der Waals surface area (Å²) in [7, 11) is 0. The maximum atomic E-state index is 2.47. The second kappa shape index (κ2) is 15.7. The van der Waals surface area contributed by atoms with Crippen molar-refractivity contribution in [2.45, 2.75) is 0 Å². The third-order valence-corrected chi connectivity index (χ3v) is 12.4. The van der Waals surface area contributed by atoms with Gasteiger partial charge in [-0.2, -0.15) is 0 Å². The molecule has 0 atom stereocenters. The lowest BCUT2D eigenvalue weighted by atomic mass is 10.0. The van der Waals surface area contributed by atoms with Crippen LogP contribution in [0.2, 0.25) is 0 Å². The van der Waals surface area contributed by atoms with Gasteiger partial charge < -0.3 is 18.9 Å². The minimum atomic E-state index is 1.03. The highest BCUT2D eigenvalue weighted by Gasteiger charge is 2.26. The van der Waals surface area contributed by atoms with Gasteiger partial charge in [0.1, 0.15) is 0 Å². The van der Waals surface area contributed by atoms with Gasteiger partial charge in [-0.25, -0.2) is 0 Å². The minimum Gasteiger partial charge on any atom is -0.310 e. The van der Waals surface area contributed by atoms with Crippen molar-refractivity contribution in [1.82, 2.24) is 9.13 Å². The lowest BCUT2D eigenvalue weighted by Crippen LogP contribution is -2.14. The highest BCUT2D eigenvalue weighted by atomic mass is 15.2. The molecule has 0 spiro atoms. The van der Waals surface area contributed by atoms with Gasteiger partial charge in [-0.05, 0) is 96.6 Å². The molecule has 0 aliphatic rings. The van der Waals surface area contributed by atoms with E-state index >= 15 is 0 Å². The van der Waals surface area contributed by atoms with Crippen molar-refractivity contribution < 1.29 is 0 Å². The second-order valence-corrected chi connectivity index (χ2v) is 16.2. The maximum absolute atomic E-state index is 2.47. The van der Waals surface area contributed by atoms with E-state index in [-0.39, 0.29) is 0 Å². The van der Waals surface area contributed by atoms with Gasteiger partial charge in [0.05, 0.1) is 39.1 Å². The van der Waals surface area contributed by atoms with Crippen LogP contribution in [-0.2, 0) is 0 Å². The van der Waals surface area contributed by atoms with Crippen molar-refractivity contribution in [2.75, 3.05) is 9.80 Å². The molecule has 0 saturated carbocycles. The molecule has 0 saturated heterocycles. The van der Waals surface area contributed by atoms with E-state index in [1.165, 1.54) is 27.1 Å². The average molecular weight is 819 g/mol. The molecule has 0 amide bonds. The van der Waals surface area contributed by atoms with Crippen molar-refractivity contribution in [3.8, 4) is 22.5 Å². The van der Waals surface area contributed by atoms with Crippen molar-refractivity contribution in [3.05, 3.63) is 255 Å². The van der Waals surface area contributed by atoms with Crippen LogP contribution in [0.5, 0.6) is 0 Å². The van der Waals surface area contributed by atoms with Crippen LogP contribution in [0.4, 0.5) is 34.1 Å². The molecule has 0 N–H and O–H groups in total. The Morgan fingerprint density at radius 1 is 0.266 bits per heavy atom. The van der Waals surface area contributed by atoms with Crippen LogP contribution >= 0.6 is 0 Å². The van der Waals surface area contributed by atoms with Gasteiger partial charge in [0.15, 0.2) is 0 Å². The van der Waals surface area contributed by atoms with E-state index in [9.17, 15) is 0 Å². The van der Waals surface area contributed by atoms with Gasteiger partial charge in [-0.3, -0.25) is 0 Å². The van der Waals surface area contributed by atoms with Gasteiger partial charge in [0.25, 0.3) is 0 Å². The van der Waals surface area contributed by atoms with Crippen LogP contribution in [0.3, 0.4) is 0 Å². The van der Waals surface area contributed by atoms with E-state index in [1.807, 2.05) is 0 Å². The fraction of sp³-hybridized carbons (Fsp3) is 0. The Morgan fingerprint density at radius 2 is 0.719 bits per heavy atom. The van der Waals surface area contributed by atoms with Gasteiger partial charge in [-0.1, -0.05) is 164 Å². The van der Waals surface area contributed by atoms with E-state index in [1.54, 1.807) is 0 Å². The molecule has 12 rings (SSSR count). The summed E-state index contributed by atoms with van der Waals surface area (Å²) in [5.74, 6) is 0. The zero-order chi connectivity index (χ0) is 42.4. The number of para-hydroxylation sites is 7. The first-order valence-electron chi connectivity index (χ1n) is 21.9. The van der Waals surface area contributed by atoms with Gasteiger partial charge in [-0.15, -0.1) is 0 Å².